The Labute approximate surface area is 218 Å². The van der Waals surface area contributed by atoms with Crippen LogP contribution in [0.3, 0.4) is 0 Å². The van der Waals surface area contributed by atoms with Gasteiger partial charge in [0.15, 0.2) is 0 Å². The van der Waals surface area contributed by atoms with Gasteiger partial charge in [-0.05, 0) is 49.1 Å². The number of carbonyl (C=O) groups excluding carboxylic acids is 2. The summed E-state index contributed by atoms with van der Waals surface area (Å²) in [6, 6.07) is 10.4. The van der Waals surface area contributed by atoms with E-state index in [9.17, 15) is 14.7 Å². The van der Waals surface area contributed by atoms with E-state index in [-0.39, 0.29) is 35.5 Å². The van der Waals surface area contributed by atoms with Crippen molar-refractivity contribution < 1.29 is 24.9 Å². The fourth-order valence-electron chi connectivity index (χ4n) is 4.72. The topological polar surface area (TPSA) is 107 Å². The van der Waals surface area contributed by atoms with E-state index in [0.717, 1.165) is 31.2 Å². The summed E-state index contributed by atoms with van der Waals surface area (Å²) < 4.78 is 1.23. The van der Waals surface area contributed by atoms with Gasteiger partial charge >= 0.3 is 0 Å². The number of thiophene rings is 1. The number of fused-ring (bicyclic) bond motifs is 1. The Bertz CT molecular complexity index is 993. The molecular formula is C29H41NO5S. The van der Waals surface area contributed by atoms with Crippen LogP contribution in [0.4, 0.5) is 0 Å². The lowest BCUT2D eigenvalue weighted by atomic mass is 9.88. The fourth-order valence-corrected chi connectivity index (χ4v) is 5.83. The molecule has 198 valence electrons. The molecule has 2 aromatic rings. The van der Waals surface area contributed by atoms with Gasteiger partial charge in [-0.25, -0.2) is 0 Å². The minimum atomic E-state index is -0.569. The number of Topliss-reactive ketones (excluding diaryl/α,β-unsaturated/α-hetero) is 1. The molecule has 0 spiro atoms. The number of nitrogens with one attached hydrogen (secondary N) is 1. The zero-order chi connectivity index (χ0) is 26.6. The van der Waals surface area contributed by atoms with Gasteiger partial charge in [0.1, 0.15) is 5.78 Å². The van der Waals surface area contributed by atoms with Crippen molar-refractivity contribution in [2.24, 2.45) is 17.3 Å². The fraction of sp³-hybridized carbons (Fsp3) is 0.517. The van der Waals surface area contributed by atoms with E-state index in [0.29, 0.717) is 25.8 Å². The number of aliphatic hydroxyl groups excluding tert-OH is 3. The van der Waals surface area contributed by atoms with Crippen LogP contribution in [0.15, 0.2) is 54.6 Å². The molecule has 1 fully saturated rings. The Morgan fingerprint density at radius 2 is 2.00 bits per heavy atom. The number of benzene rings is 1. The van der Waals surface area contributed by atoms with E-state index in [1.54, 1.807) is 11.3 Å². The third-order valence-corrected chi connectivity index (χ3v) is 7.64. The quantitative estimate of drug-likeness (QED) is 0.247. The normalized spacial score (nSPS) is 20.1. The first kappa shape index (κ1) is 29.9. The van der Waals surface area contributed by atoms with E-state index in [1.165, 1.54) is 10.1 Å². The van der Waals surface area contributed by atoms with Gasteiger partial charge in [0.2, 0.25) is 5.91 Å². The zero-order valence-corrected chi connectivity index (χ0v) is 22.5. The number of unbranched alkanes of at least 4 members (excludes halogenated alkanes) is 1. The van der Waals surface area contributed by atoms with Crippen LogP contribution in [-0.2, 0) is 16.0 Å². The van der Waals surface area contributed by atoms with Crippen molar-refractivity contribution in [3.63, 3.8) is 0 Å². The summed E-state index contributed by atoms with van der Waals surface area (Å²) >= 11 is 1.71. The van der Waals surface area contributed by atoms with Gasteiger partial charge in [-0.2, -0.15) is 0 Å². The van der Waals surface area contributed by atoms with Crippen LogP contribution in [0, 0.1) is 17.3 Å². The van der Waals surface area contributed by atoms with Gasteiger partial charge in [-0.3, -0.25) is 9.59 Å². The molecule has 7 heteroatoms. The minimum Gasteiger partial charge on any atom is -0.400 e. The molecule has 1 heterocycles. The number of hydrogen-bond acceptors (Lipinski definition) is 6. The molecule has 1 aromatic carbocycles. The van der Waals surface area contributed by atoms with Crippen LogP contribution >= 0.6 is 11.3 Å². The molecule has 1 unspecified atom stereocenters. The third kappa shape index (κ3) is 8.96. The lowest BCUT2D eigenvalue weighted by molar-refractivity contribution is -0.127. The van der Waals surface area contributed by atoms with Crippen molar-refractivity contribution in [2.45, 2.75) is 58.5 Å². The highest BCUT2D eigenvalue weighted by atomic mass is 32.1. The first-order chi connectivity index (χ1) is 17.3. The number of carbonyl (C=O) groups is 2. The highest BCUT2D eigenvalue weighted by Crippen LogP contribution is 2.44. The van der Waals surface area contributed by atoms with Gasteiger partial charge in [0.05, 0.1) is 12.7 Å². The Morgan fingerprint density at radius 1 is 1.25 bits per heavy atom. The molecule has 36 heavy (non-hydrogen) atoms. The van der Waals surface area contributed by atoms with Crippen molar-refractivity contribution in [1.82, 2.24) is 5.32 Å². The molecule has 4 N–H and O–H groups in total. The number of rotatable bonds is 12. The summed E-state index contributed by atoms with van der Waals surface area (Å²) in [6.07, 6.45) is 11.5. The van der Waals surface area contributed by atoms with Crippen molar-refractivity contribution in [3.8, 4) is 0 Å². The van der Waals surface area contributed by atoms with Gasteiger partial charge < -0.3 is 20.6 Å². The first-order valence-corrected chi connectivity index (χ1v) is 13.5. The van der Waals surface area contributed by atoms with Crippen LogP contribution in [0.25, 0.3) is 10.1 Å². The molecule has 1 saturated carbocycles. The maximum atomic E-state index is 13.0. The number of ketones is 1. The maximum absolute atomic E-state index is 13.0. The van der Waals surface area contributed by atoms with E-state index < -0.39 is 6.10 Å². The van der Waals surface area contributed by atoms with Crippen LogP contribution in [-0.4, -0.2) is 53.4 Å². The van der Waals surface area contributed by atoms with E-state index >= 15 is 0 Å². The molecule has 0 saturated heterocycles. The minimum absolute atomic E-state index is 0.0465. The monoisotopic (exact) mass is 515 g/mol. The van der Waals surface area contributed by atoms with Gasteiger partial charge in [0.25, 0.3) is 0 Å². The number of aliphatic hydroxyl groups is 3. The molecular weight excluding hydrogens is 474 g/mol. The van der Waals surface area contributed by atoms with Crippen LogP contribution in [0.1, 0.15) is 50.8 Å². The van der Waals surface area contributed by atoms with Crippen LogP contribution in [0.5, 0.6) is 0 Å². The molecule has 3 atom stereocenters. The molecule has 3 rings (SSSR count). The molecule has 1 aliphatic carbocycles. The van der Waals surface area contributed by atoms with Gasteiger partial charge in [-0.15, -0.1) is 11.3 Å². The Balaban J connectivity index is 0.00000222. The van der Waals surface area contributed by atoms with Gasteiger partial charge in [-0.1, -0.05) is 56.4 Å². The van der Waals surface area contributed by atoms with Gasteiger partial charge in [0, 0.05) is 47.4 Å². The predicted molar refractivity (Wildman–Crippen MR) is 147 cm³/mol. The highest BCUT2D eigenvalue weighted by molar-refractivity contribution is 7.19. The SMILES string of the molecule is CC1(C)C[C@H](/C=C/C(O)Cc2cc3ccccc3s2)[C@@H](C/C=C\CCCC(=O)NCCO)C1=O.CO. The Kier molecular flexibility index (Phi) is 12.5. The number of hydrogen-bond donors (Lipinski definition) is 4. The predicted octanol–water partition coefficient (Wildman–Crippen LogP) is 4.43. The van der Waals surface area contributed by atoms with Crippen molar-refractivity contribution in [3.05, 3.63) is 59.5 Å². The lowest BCUT2D eigenvalue weighted by Gasteiger charge is -2.14. The third-order valence-electron chi connectivity index (χ3n) is 6.50. The molecule has 1 aliphatic rings. The summed E-state index contributed by atoms with van der Waals surface area (Å²) in [5.74, 6) is 0.282. The highest BCUT2D eigenvalue weighted by Gasteiger charge is 2.45. The molecule has 0 radical (unpaired) electrons. The van der Waals surface area contributed by atoms with Crippen LogP contribution in [0.2, 0.25) is 0 Å². The molecule has 0 aliphatic heterocycles. The average Bonchev–Trinajstić information content (AvgIpc) is 3.37. The second-order valence-electron chi connectivity index (χ2n) is 9.80. The average molecular weight is 516 g/mol. The molecule has 1 amide bonds. The lowest BCUT2D eigenvalue weighted by Crippen LogP contribution is -2.25. The second kappa shape index (κ2) is 15.1. The number of allylic oxidation sites excluding steroid dienone is 3. The molecule has 0 bridgehead atoms. The summed E-state index contributed by atoms with van der Waals surface area (Å²) in [5.41, 5.74) is -0.352. The summed E-state index contributed by atoms with van der Waals surface area (Å²) in [6.45, 7) is 4.27. The first-order valence-electron chi connectivity index (χ1n) is 12.7. The Hall–Kier alpha value is -2.32. The molecule has 6 nitrogen and oxygen atoms in total. The second-order valence-corrected chi connectivity index (χ2v) is 11.0. The Morgan fingerprint density at radius 3 is 2.72 bits per heavy atom. The standard InChI is InChI=1S/C28H37NO4S.CH4O/c1-28(2)19-21(13-14-22(31)18-23-17-20-9-7-8-11-25(20)34-23)24(27(28)33)10-5-3-4-6-12-26(32)29-15-16-30;1-2/h3,5,7-9,11,13-14,17,21-22,24,30-31H,4,6,10,12,15-16,18-19H2,1-2H3,(H,29,32);2H,1H3/b5-3-,14-13+;/t21-,22?,24+;/m0./s1. The number of amides is 1. The van der Waals surface area contributed by atoms with E-state index in [4.69, 9.17) is 10.2 Å². The largest absolute Gasteiger partial charge is 0.400 e. The van der Waals surface area contributed by atoms with E-state index in [1.807, 2.05) is 32.1 Å². The van der Waals surface area contributed by atoms with Crippen molar-refractivity contribution >= 4 is 33.1 Å². The summed E-state index contributed by atoms with van der Waals surface area (Å²) in [4.78, 5) is 25.7. The van der Waals surface area contributed by atoms with Crippen molar-refractivity contribution in [1.29, 1.82) is 0 Å². The summed E-state index contributed by atoms with van der Waals surface area (Å²) in [7, 11) is 1.00. The van der Waals surface area contributed by atoms with Crippen molar-refractivity contribution in [2.75, 3.05) is 20.3 Å². The smallest absolute Gasteiger partial charge is 0.220 e. The molecule has 1 aromatic heterocycles. The zero-order valence-electron chi connectivity index (χ0n) is 21.7. The van der Waals surface area contributed by atoms with Crippen LogP contribution < -0.4 is 5.32 Å². The maximum Gasteiger partial charge on any atom is 0.220 e. The van der Waals surface area contributed by atoms with E-state index in [2.05, 4.69) is 41.7 Å². The summed E-state index contributed by atoms with van der Waals surface area (Å²) in [5, 5.41) is 30.2.